The zero-order valence-corrected chi connectivity index (χ0v) is 9.06. The number of carboxylic acid groups (broad SMARTS) is 1. The van der Waals surface area contributed by atoms with Crippen LogP contribution in [-0.2, 0) is 4.79 Å². The lowest BCUT2D eigenvalue weighted by Crippen LogP contribution is -2.45. The highest BCUT2D eigenvalue weighted by atomic mass is 16.4. The first-order chi connectivity index (χ1) is 7.29. The van der Waals surface area contributed by atoms with Gasteiger partial charge in [-0.05, 0) is 51.1 Å². The van der Waals surface area contributed by atoms with E-state index in [1.54, 1.807) is 0 Å². The molecule has 0 bridgehead atoms. The first-order valence-electron chi connectivity index (χ1n) is 5.91. The van der Waals surface area contributed by atoms with Gasteiger partial charge in [0.15, 0.2) is 0 Å². The molecule has 1 heterocycles. The van der Waals surface area contributed by atoms with Gasteiger partial charge in [-0.2, -0.15) is 0 Å². The minimum atomic E-state index is -0.628. The molecule has 0 aromatic carbocycles. The van der Waals surface area contributed by atoms with E-state index in [1.165, 1.54) is 0 Å². The van der Waals surface area contributed by atoms with Crippen molar-refractivity contribution in [2.75, 3.05) is 13.1 Å². The predicted molar refractivity (Wildman–Crippen MR) is 58.7 cm³/mol. The molecular weight excluding hydrogens is 190 g/mol. The number of carboxylic acids is 1. The maximum absolute atomic E-state index is 11.3. The van der Waals surface area contributed by atoms with Crippen molar-refractivity contribution in [3.05, 3.63) is 12.2 Å². The van der Waals surface area contributed by atoms with Gasteiger partial charge in [0.25, 0.3) is 0 Å². The van der Waals surface area contributed by atoms with Crippen LogP contribution in [0.5, 0.6) is 0 Å². The lowest BCUT2D eigenvalue weighted by atomic mass is 9.87. The summed E-state index contributed by atoms with van der Waals surface area (Å²) in [4.78, 5) is 13.5. The van der Waals surface area contributed by atoms with Gasteiger partial charge in [-0.1, -0.05) is 12.2 Å². The van der Waals surface area contributed by atoms with E-state index in [2.05, 4.69) is 17.1 Å². The molecule has 0 aromatic rings. The smallest absolute Gasteiger partial charge is 0.321 e. The molecule has 1 fully saturated rings. The van der Waals surface area contributed by atoms with Crippen molar-refractivity contribution in [2.24, 2.45) is 5.92 Å². The molecule has 0 amide bonds. The van der Waals surface area contributed by atoms with E-state index >= 15 is 0 Å². The van der Waals surface area contributed by atoms with Gasteiger partial charge in [0.05, 0.1) is 0 Å². The average molecular weight is 209 g/mol. The molecule has 15 heavy (non-hydrogen) atoms. The Balaban J connectivity index is 2.04. The monoisotopic (exact) mass is 209 g/mol. The number of allylic oxidation sites excluding steroid dienone is 2. The molecule has 3 nitrogen and oxygen atoms in total. The number of aliphatic carboxylic acids is 1. The predicted octanol–water partition coefficient (Wildman–Crippen LogP) is 1.89. The second-order valence-corrected chi connectivity index (χ2v) is 4.57. The lowest BCUT2D eigenvalue weighted by Gasteiger charge is -2.31. The fourth-order valence-electron chi connectivity index (χ4n) is 2.78. The van der Waals surface area contributed by atoms with Crippen LogP contribution in [0.25, 0.3) is 0 Å². The number of carbonyl (C=O) groups is 1. The van der Waals surface area contributed by atoms with E-state index in [-0.39, 0.29) is 6.04 Å². The third-order valence-electron chi connectivity index (χ3n) is 3.54. The summed E-state index contributed by atoms with van der Waals surface area (Å²) in [6.07, 6.45) is 9.64. The molecule has 2 unspecified atom stereocenters. The summed E-state index contributed by atoms with van der Waals surface area (Å²) in [7, 11) is 0. The third kappa shape index (κ3) is 2.40. The SMILES string of the molecule is O=C(O)C(C1CC=CCC1)N1CCCC1. The molecule has 2 aliphatic rings. The highest BCUT2D eigenvalue weighted by Gasteiger charge is 2.34. The minimum absolute atomic E-state index is 0.238. The normalized spacial score (nSPS) is 29.2. The van der Waals surface area contributed by atoms with Crippen LogP contribution < -0.4 is 0 Å². The third-order valence-corrected chi connectivity index (χ3v) is 3.54. The van der Waals surface area contributed by atoms with E-state index in [9.17, 15) is 9.90 Å². The first-order valence-corrected chi connectivity index (χ1v) is 5.91. The quantitative estimate of drug-likeness (QED) is 0.722. The van der Waals surface area contributed by atoms with Crippen LogP contribution in [0.4, 0.5) is 0 Å². The van der Waals surface area contributed by atoms with Crippen molar-refractivity contribution in [1.29, 1.82) is 0 Å². The van der Waals surface area contributed by atoms with Crippen LogP contribution in [0.1, 0.15) is 32.1 Å². The Hall–Kier alpha value is -0.830. The van der Waals surface area contributed by atoms with Crippen LogP contribution in [0, 0.1) is 5.92 Å². The second kappa shape index (κ2) is 4.79. The van der Waals surface area contributed by atoms with E-state index in [0.717, 1.165) is 45.2 Å². The topological polar surface area (TPSA) is 40.5 Å². The molecule has 0 radical (unpaired) electrons. The first kappa shape index (κ1) is 10.7. The fourth-order valence-corrected chi connectivity index (χ4v) is 2.78. The fraction of sp³-hybridized carbons (Fsp3) is 0.750. The Kier molecular flexibility index (Phi) is 3.41. The molecule has 3 heteroatoms. The van der Waals surface area contributed by atoms with Gasteiger partial charge < -0.3 is 5.11 Å². The molecular formula is C12H19NO2. The largest absolute Gasteiger partial charge is 0.480 e. The standard InChI is InChI=1S/C12H19NO2/c14-12(15)11(13-8-4-5-9-13)10-6-2-1-3-7-10/h1-2,10-11H,3-9H2,(H,14,15). The van der Waals surface area contributed by atoms with Crippen LogP contribution in [-0.4, -0.2) is 35.1 Å². The molecule has 0 saturated carbocycles. The molecule has 1 aliphatic carbocycles. The summed E-state index contributed by atoms with van der Waals surface area (Å²) < 4.78 is 0. The summed E-state index contributed by atoms with van der Waals surface area (Å²) in [6, 6.07) is -0.238. The molecule has 2 atom stereocenters. The Bertz CT molecular complexity index is 256. The van der Waals surface area contributed by atoms with E-state index in [0.29, 0.717) is 5.92 Å². The van der Waals surface area contributed by atoms with Crippen LogP contribution in [0.2, 0.25) is 0 Å². The molecule has 1 saturated heterocycles. The summed E-state index contributed by atoms with van der Waals surface area (Å²) >= 11 is 0. The molecule has 0 aromatic heterocycles. The van der Waals surface area contributed by atoms with Gasteiger partial charge in [-0.25, -0.2) is 0 Å². The summed E-state index contributed by atoms with van der Waals surface area (Å²) in [5.41, 5.74) is 0. The summed E-state index contributed by atoms with van der Waals surface area (Å²) in [5, 5.41) is 9.32. The Morgan fingerprint density at radius 1 is 1.33 bits per heavy atom. The minimum Gasteiger partial charge on any atom is -0.480 e. The van der Waals surface area contributed by atoms with Crippen molar-refractivity contribution in [3.63, 3.8) is 0 Å². The summed E-state index contributed by atoms with van der Waals surface area (Å²) in [5.74, 6) is -0.303. The van der Waals surface area contributed by atoms with Crippen LogP contribution in [0.3, 0.4) is 0 Å². The molecule has 84 valence electrons. The van der Waals surface area contributed by atoms with Gasteiger partial charge in [-0.15, -0.1) is 0 Å². The molecule has 1 aliphatic heterocycles. The van der Waals surface area contributed by atoms with E-state index in [1.807, 2.05) is 0 Å². The van der Waals surface area contributed by atoms with Gasteiger partial charge in [0.2, 0.25) is 0 Å². The van der Waals surface area contributed by atoms with Crippen molar-refractivity contribution in [2.45, 2.75) is 38.1 Å². The van der Waals surface area contributed by atoms with Crippen molar-refractivity contribution >= 4 is 5.97 Å². The number of hydrogen-bond acceptors (Lipinski definition) is 2. The highest BCUT2D eigenvalue weighted by Crippen LogP contribution is 2.27. The number of rotatable bonds is 3. The van der Waals surface area contributed by atoms with Gasteiger partial charge in [0.1, 0.15) is 6.04 Å². The maximum Gasteiger partial charge on any atom is 0.321 e. The zero-order valence-electron chi connectivity index (χ0n) is 9.06. The van der Waals surface area contributed by atoms with Crippen LogP contribution >= 0.6 is 0 Å². The van der Waals surface area contributed by atoms with E-state index < -0.39 is 5.97 Å². The Morgan fingerprint density at radius 2 is 2.07 bits per heavy atom. The second-order valence-electron chi connectivity index (χ2n) is 4.57. The summed E-state index contributed by atoms with van der Waals surface area (Å²) in [6.45, 7) is 1.94. The van der Waals surface area contributed by atoms with Crippen LogP contribution in [0.15, 0.2) is 12.2 Å². The maximum atomic E-state index is 11.3. The lowest BCUT2D eigenvalue weighted by molar-refractivity contribution is -0.145. The average Bonchev–Trinajstić information content (AvgIpc) is 2.72. The van der Waals surface area contributed by atoms with Crippen molar-refractivity contribution in [3.8, 4) is 0 Å². The Labute approximate surface area is 90.8 Å². The van der Waals surface area contributed by atoms with Crippen molar-refractivity contribution in [1.82, 2.24) is 4.90 Å². The zero-order chi connectivity index (χ0) is 10.7. The van der Waals surface area contributed by atoms with Gasteiger partial charge in [-0.3, -0.25) is 9.69 Å². The van der Waals surface area contributed by atoms with Gasteiger partial charge in [0, 0.05) is 0 Å². The van der Waals surface area contributed by atoms with E-state index in [4.69, 9.17) is 0 Å². The number of hydrogen-bond donors (Lipinski definition) is 1. The van der Waals surface area contributed by atoms with Crippen molar-refractivity contribution < 1.29 is 9.90 Å². The number of nitrogens with zero attached hydrogens (tertiary/aromatic N) is 1. The highest BCUT2D eigenvalue weighted by molar-refractivity contribution is 5.74. The molecule has 2 rings (SSSR count). The Morgan fingerprint density at radius 3 is 2.60 bits per heavy atom. The molecule has 1 N–H and O–H groups in total. The van der Waals surface area contributed by atoms with Gasteiger partial charge >= 0.3 is 5.97 Å². The molecule has 0 spiro atoms. The number of likely N-dealkylation sites (tertiary alicyclic amines) is 1.